The molecule has 3 rings (SSSR count). The summed E-state index contributed by atoms with van der Waals surface area (Å²) in [6.45, 7) is 0.701. The van der Waals surface area contributed by atoms with Gasteiger partial charge in [0.2, 0.25) is 0 Å². The normalized spacial score (nSPS) is 10.8. The molecule has 2 aromatic carbocycles. The fourth-order valence-electron chi connectivity index (χ4n) is 2.27. The van der Waals surface area contributed by atoms with Gasteiger partial charge in [0.1, 0.15) is 5.75 Å². The lowest BCUT2D eigenvalue weighted by Gasteiger charge is -2.09. The van der Waals surface area contributed by atoms with Crippen LogP contribution in [0.5, 0.6) is 5.75 Å². The van der Waals surface area contributed by atoms with Crippen LogP contribution in [0.25, 0.3) is 11.0 Å². The predicted octanol–water partition coefficient (Wildman–Crippen LogP) is 3.76. The zero-order valence-corrected chi connectivity index (χ0v) is 11.4. The Hall–Kier alpha value is -2.07. The van der Waals surface area contributed by atoms with Gasteiger partial charge < -0.3 is 14.3 Å². The Morgan fingerprint density at radius 1 is 1.11 bits per heavy atom. The summed E-state index contributed by atoms with van der Waals surface area (Å²) in [6.07, 6.45) is 0. The smallest absolute Gasteiger partial charge is 0.178 e. The van der Waals surface area contributed by atoms with Gasteiger partial charge in [-0.2, -0.15) is 0 Å². The average Bonchev–Trinajstić information content (AvgIpc) is 2.76. The molecular weight excluding hydrogens is 256 g/mol. The van der Waals surface area contributed by atoms with Crippen molar-refractivity contribution < 1.29 is 4.74 Å². The lowest BCUT2D eigenvalue weighted by molar-refractivity contribution is 0.408. The second-order valence-electron chi connectivity index (χ2n) is 4.35. The highest BCUT2D eigenvalue weighted by atomic mass is 32.1. The van der Waals surface area contributed by atoms with E-state index in [1.54, 1.807) is 7.11 Å². The first-order chi connectivity index (χ1) is 9.29. The van der Waals surface area contributed by atoms with Gasteiger partial charge >= 0.3 is 0 Å². The van der Waals surface area contributed by atoms with Crippen molar-refractivity contribution in [1.29, 1.82) is 0 Å². The van der Waals surface area contributed by atoms with Gasteiger partial charge in [-0.3, -0.25) is 0 Å². The number of benzene rings is 2. The Balaban J connectivity index is 2.11. The minimum absolute atomic E-state index is 0.701. The van der Waals surface area contributed by atoms with Gasteiger partial charge in [0, 0.05) is 5.56 Å². The van der Waals surface area contributed by atoms with E-state index in [1.165, 1.54) is 0 Å². The third kappa shape index (κ3) is 2.15. The summed E-state index contributed by atoms with van der Waals surface area (Å²) in [4.78, 5) is 3.22. The molecule has 0 radical (unpaired) electrons. The van der Waals surface area contributed by atoms with Crippen molar-refractivity contribution >= 4 is 23.3 Å². The molecule has 19 heavy (non-hydrogen) atoms. The molecule has 96 valence electrons. The summed E-state index contributed by atoms with van der Waals surface area (Å²) in [7, 11) is 1.69. The van der Waals surface area contributed by atoms with E-state index in [0.717, 1.165) is 27.1 Å². The number of fused-ring (bicyclic) bond motifs is 1. The molecule has 0 fully saturated rings. The summed E-state index contributed by atoms with van der Waals surface area (Å²) in [5.41, 5.74) is 3.28. The molecule has 0 unspecified atom stereocenters. The number of aromatic nitrogens is 2. The number of rotatable bonds is 3. The van der Waals surface area contributed by atoms with Crippen LogP contribution in [0.2, 0.25) is 0 Å². The average molecular weight is 270 g/mol. The van der Waals surface area contributed by atoms with Crippen LogP contribution in [0.3, 0.4) is 0 Å². The number of hydrogen-bond acceptors (Lipinski definition) is 2. The fourth-order valence-corrected chi connectivity index (χ4v) is 2.54. The van der Waals surface area contributed by atoms with E-state index in [9.17, 15) is 0 Å². The molecule has 1 heterocycles. The van der Waals surface area contributed by atoms with Gasteiger partial charge in [0.15, 0.2) is 4.77 Å². The van der Waals surface area contributed by atoms with Crippen molar-refractivity contribution in [3.63, 3.8) is 0 Å². The molecule has 3 nitrogen and oxygen atoms in total. The first-order valence-electron chi connectivity index (χ1n) is 6.09. The SMILES string of the molecule is COc1ccccc1Cn1c(=S)[nH]c2ccccc21. The molecular formula is C15H14N2OS. The Morgan fingerprint density at radius 3 is 2.68 bits per heavy atom. The van der Waals surface area contributed by atoms with Crippen molar-refractivity contribution in [3.8, 4) is 5.75 Å². The minimum atomic E-state index is 0.701. The molecule has 0 atom stereocenters. The molecule has 4 heteroatoms. The Labute approximate surface area is 116 Å². The molecule has 1 aromatic heterocycles. The van der Waals surface area contributed by atoms with Crippen molar-refractivity contribution in [2.45, 2.75) is 6.54 Å². The molecule has 0 bridgehead atoms. The number of H-pyrrole nitrogens is 1. The molecule has 3 aromatic rings. The zero-order valence-electron chi connectivity index (χ0n) is 10.6. The monoisotopic (exact) mass is 270 g/mol. The second kappa shape index (κ2) is 4.90. The van der Waals surface area contributed by atoms with Gasteiger partial charge in [0.25, 0.3) is 0 Å². The maximum Gasteiger partial charge on any atom is 0.178 e. The van der Waals surface area contributed by atoms with E-state index >= 15 is 0 Å². The fraction of sp³-hybridized carbons (Fsp3) is 0.133. The molecule has 1 N–H and O–H groups in total. The minimum Gasteiger partial charge on any atom is -0.496 e. The summed E-state index contributed by atoms with van der Waals surface area (Å²) in [5, 5.41) is 0. The predicted molar refractivity (Wildman–Crippen MR) is 79.2 cm³/mol. The second-order valence-corrected chi connectivity index (χ2v) is 4.73. The summed E-state index contributed by atoms with van der Waals surface area (Å²) in [6, 6.07) is 16.1. The van der Waals surface area contributed by atoms with E-state index in [0.29, 0.717) is 6.54 Å². The Morgan fingerprint density at radius 2 is 1.84 bits per heavy atom. The van der Waals surface area contributed by atoms with E-state index in [2.05, 4.69) is 21.7 Å². The number of methoxy groups -OCH3 is 1. The van der Waals surface area contributed by atoms with Crippen molar-refractivity contribution in [2.24, 2.45) is 0 Å². The Bertz CT molecular complexity index is 773. The Kier molecular flexibility index (Phi) is 3.09. The molecule has 0 amide bonds. The quantitative estimate of drug-likeness (QED) is 0.734. The highest BCUT2D eigenvalue weighted by Gasteiger charge is 2.07. The van der Waals surface area contributed by atoms with Crippen molar-refractivity contribution in [1.82, 2.24) is 9.55 Å². The third-order valence-electron chi connectivity index (χ3n) is 3.20. The van der Waals surface area contributed by atoms with Gasteiger partial charge in [-0.1, -0.05) is 30.3 Å². The number of nitrogens with one attached hydrogen (secondary N) is 1. The largest absolute Gasteiger partial charge is 0.496 e. The molecule has 0 spiro atoms. The number of nitrogens with zero attached hydrogens (tertiary/aromatic N) is 1. The molecule has 0 saturated heterocycles. The number of imidazole rings is 1. The van der Waals surface area contributed by atoms with Crippen LogP contribution in [-0.4, -0.2) is 16.7 Å². The van der Waals surface area contributed by atoms with Gasteiger partial charge in [-0.05, 0) is 30.4 Å². The summed E-state index contributed by atoms with van der Waals surface area (Å²) < 4.78 is 8.20. The van der Waals surface area contributed by atoms with Crippen molar-refractivity contribution in [2.75, 3.05) is 7.11 Å². The topological polar surface area (TPSA) is 29.9 Å². The third-order valence-corrected chi connectivity index (χ3v) is 3.53. The first kappa shape index (κ1) is 12.0. The van der Waals surface area contributed by atoms with Crippen LogP contribution in [-0.2, 0) is 6.54 Å². The molecule has 0 aliphatic rings. The van der Waals surface area contributed by atoms with Crippen LogP contribution in [0.15, 0.2) is 48.5 Å². The van der Waals surface area contributed by atoms with Crippen molar-refractivity contribution in [3.05, 3.63) is 58.9 Å². The number of para-hydroxylation sites is 3. The van der Waals surface area contributed by atoms with Crippen LogP contribution >= 0.6 is 12.2 Å². The standard InChI is InChI=1S/C15H14N2OS/c1-18-14-9-5-2-6-11(14)10-17-13-8-4-3-7-12(13)16-15(17)19/h2-9H,10H2,1H3,(H,16,19). The lowest BCUT2D eigenvalue weighted by atomic mass is 10.2. The van der Waals surface area contributed by atoms with Crippen LogP contribution < -0.4 is 4.74 Å². The summed E-state index contributed by atoms with van der Waals surface area (Å²) in [5.74, 6) is 0.884. The van der Waals surface area contributed by atoms with Gasteiger partial charge in [-0.15, -0.1) is 0 Å². The van der Waals surface area contributed by atoms with E-state index in [-0.39, 0.29) is 0 Å². The first-order valence-corrected chi connectivity index (χ1v) is 6.50. The summed E-state index contributed by atoms with van der Waals surface area (Å²) >= 11 is 5.40. The van der Waals surface area contributed by atoms with Gasteiger partial charge in [0.05, 0.1) is 24.7 Å². The highest BCUT2D eigenvalue weighted by molar-refractivity contribution is 7.71. The van der Waals surface area contributed by atoms with E-state index in [1.807, 2.05) is 36.4 Å². The molecule has 0 aliphatic carbocycles. The highest BCUT2D eigenvalue weighted by Crippen LogP contribution is 2.21. The molecule has 0 saturated carbocycles. The maximum atomic E-state index is 5.40. The number of aromatic amines is 1. The number of ether oxygens (including phenoxy) is 1. The van der Waals surface area contributed by atoms with Crippen LogP contribution in [0, 0.1) is 4.77 Å². The van der Waals surface area contributed by atoms with Gasteiger partial charge in [-0.25, -0.2) is 0 Å². The lowest BCUT2D eigenvalue weighted by Crippen LogP contribution is -2.01. The maximum absolute atomic E-state index is 5.40. The van der Waals surface area contributed by atoms with Crippen LogP contribution in [0.4, 0.5) is 0 Å². The molecule has 0 aliphatic heterocycles. The zero-order chi connectivity index (χ0) is 13.2. The van der Waals surface area contributed by atoms with E-state index in [4.69, 9.17) is 17.0 Å². The van der Waals surface area contributed by atoms with Crippen LogP contribution in [0.1, 0.15) is 5.56 Å². The number of hydrogen-bond donors (Lipinski definition) is 1. The van der Waals surface area contributed by atoms with E-state index < -0.39 is 0 Å².